The number of hydrogen-bond acceptors (Lipinski definition) is 4. The average molecular weight is 374 g/mol. The van der Waals surface area contributed by atoms with Gasteiger partial charge in [0.15, 0.2) is 11.0 Å². The summed E-state index contributed by atoms with van der Waals surface area (Å²) in [6.07, 6.45) is 0. The van der Waals surface area contributed by atoms with Gasteiger partial charge in [-0.05, 0) is 24.6 Å². The van der Waals surface area contributed by atoms with Crippen LogP contribution in [0, 0.1) is 11.3 Å². The minimum absolute atomic E-state index is 0.0253. The molecule has 0 spiro atoms. The molecule has 0 atom stereocenters. The molecule has 4 nitrogen and oxygen atoms in total. The summed E-state index contributed by atoms with van der Waals surface area (Å²) >= 11 is 23.7. The Morgan fingerprint density at radius 2 is 1.77 bits per heavy atom. The normalized spacial score (nSPS) is 11.2. The minimum atomic E-state index is -0.0428. The molecule has 0 aliphatic rings. The van der Waals surface area contributed by atoms with Crippen molar-refractivity contribution in [2.75, 3.05) is 5.43 Å². The lowest BCUT2D eigenvalue weighted by molar-refractivity contribution is 1.21. The van der Waals surface area contributed by atoms with Gasteiger partial charge in [0, 0.05) is 5.02 Å². The zero-order valence-electron chi connectivity index (χ0n) is 11.2. The maximum absolute atomic E-state index is 8.93. The first-order valence-electron chi connectivity index (χ1n) is 5.95. The third kappa shape index (κ3) is 3.63. The van der Waals surface area contributed by atoms with Crippen molar-refractivity contribution in [3.05, 3.63) is 55.6 Å². The summed E-state index contributed by atoms with van der Waals surface area (Å²) in [5.74, 6) is 0.170. The number of rotatable bonds is 3. The van der Waals surface area contributed by atoms with Crippen LogP contribution in [0.4, 0.5) is 5.82 Å². The molecule has 1 aromatic carbocycles. The third-order valence-electron chi connectivity index (χ3n) is 2.74. The van der Waals surface area contributed by atoms with E-state index >= 15 is 0 Å². The Bertz CT molecular complexity index is 779. The van der Waals surface area contributed by atoms with Gasteiger partial charge in [0.1, 0.15) is 16.7 Å². The number of anilines is 1. The summed E-state index contributed by atoms with van der Waals surface area (Å²) in [6, 6.07) is 9.02. The summed E-state index contributed by atoms with van der Waals surface area (Å²) < 4.78 is 0. The lowest BCUT2D eigenvalue weighted by atomic mass is 10.1. The quantitative estimate of drug-likeness (QED) is 0.444. The Morgan fingerprint density at radius 3 is 2.36 bits per heavy atom. The molecule has 0 aliphatic heterocycles. The Hall–Kier alpha value is -1.51. The molecular weight excluding hydrogens is 366 g/mol. The van der Waals surface area contributed by atoms with E-state index < -0.39 is 0 Å². The van der Waals surface area contributed by atoms with Gasteiger partial charge in [-0.25, -0.2) is 4.98 Å². The molecule has 0 saturated carbocycles. The van der Waals surface area contributed by atoms with Gasteiger partial charge in [-0.1, -0.05) is 58.5 Å². The van der Waals surface area contributed by atoms with E-state index in [1.807, 2.05) is 18.2 Å². The fourth-order valence-corrected chi connectivity index (χ4v) is 2.37. The van der Waals surface area contributed by atoms with Crippen LogP contribution in [0.25, 0.3) is 0 Å². The van der Waals surface area contributed by atoms with E-state index in [0.29, 0.717) is 10.7 Å². The monoisotopic (exact) mass is 372 g/mol. The molecule has 0 amide bonds. The van der Waals surface area contributed by atoms with Gasteiger partial charge in [-0.3, -0.25) is 5.43 Å². The first-order chi connectivity index (χ1) is 10.4. The van der Waals surface area contributed by atoms with E-state index in [1.54, 1.807) is 19.1 Å². The van der Waals surface area contributed by atoms with Crippen LogP contribution in [0.3, 0.4) is 0 Å². The number of nitrogens with one attached hydrogen (secondary N) is 1. The number of aromatic nitrogens is 1. The number of nitrogens with zero attached hydrogens (tertiary/aromatic N) is 3. The zero-order chi connectivity index (χ0) is 16.3. The zero-order valence-corrected chi connectivity index (χ0v) is 14.2. The molecule has 0 unspecified atom stereocenters. The number of benzene rings is 1. The standard InChI is InChI=1S/C14H8Cl4N4/c1-7(8-2-4-9(15)5-3-8)21-22-14-12(17)11(16)10(6-19)13(18)20-14/h2-5H,1H3,(H,20,22). The highest BCUT2D eigenvalue weighted by Gasteiger charge is 2.16. The van der Waals surface area contributed by atoms with Gasteiger partial charge >= 0.3 is 0 Å². The molecule has 0 aliphatic carbocycles. The van der Waals surface area contributed by atoms with Crippen molar-refractivity contribution in [3.8, 4) is 6.07 Å². The van der Waals surface area contributed by atoms with E-state index in [4.69, 9.17) is 51.7 Å². The van der Waals surface area contributed by atoms with Gasteiger partial charge in [-0.2, -0.15) is 10.4 Å². The summed E-state index contributed by atoms with van der Waals surface area (Å²) in [6.45, 7) is 1.80. The Kier molecular flexibility index (Phi) is 5.49. The van der Waals surface area contributed by atoms with E-state index in [-0.39, 0.29) is 26.6 Å². The van der Waals surface area contributed by atoms with Gasteiger partial charge in [-0.15, -0.1) is 0 Å². The highest BCUT2D eigenvalue weighted by molar-refractivity contribution is 6.45. The predicted molar refractivity (Wildman–Crippen MR) is 91.3 cm³/mol. The summed E-state index contributed by atoms with van der Waals surface area (Å²) in [5.41, 5.74) is 4.28. The molecule has 0 fully saturated rings. The Labute approximate surface area is 147 Å². The molecule has 112 valence electrons. The minimum Gasteiger partial charge on any atom is -0.260 e. The lowest BCUT2D eigenvalue weighted by Gasteiger charge is -2.08. The van der Waals surface area contributed by atoms with Crippen LogP contribution < -0.4 is 5.43 Å². The van der Waals surface area contributed by atoms with E-state index in [0.717, 1.165) is 5.56 Å². The van der Waals surface area contributed by atoms with Crippen LogP contribution in [-0.4, -0.2) is 10.7 Å². The predicted octanol–water partition coefficient (Wildman–Crippen LogP) is 5.40. The number of nitriles is 1. The molecule has 0 radical (unpaired) electrons. The molecule has 0 bridgehead atoms. The Morgan fingerprint density at radius 1 is 1.14 bits per heavy atom. The van der Waals surface area contributed by atoms with Gasteiger partial charge in [0.2, 0.25) is 0 Å². The first kappa shape index (κ1) is 16.9. The molecule has 1 N–H and O–H groups in total. The topological polar surface area (TPSA) is 61.1 Å². The number of pyridine rings is 1. The molecular formula is C14H8Cl4N4. The van der Waals surface area contributed by atoms with E-state index in [9.17, 15) is 0 Å². The van der Waals surface area contributed by atoms with E-state index in [2.05, 4.69) is 15.5 Å². The summed E-state index contributed by atoms with van der Waals surface area (Å²) in [7, 11) is 0. The van der Waals surface area contributed by atoms with Crippen LogP contribution >= 0.6 is 46.4 Å². The van der Waals surface area contributed by atoms with Crippen molar-refractivity contribution >= 4 is 57.9 Å². The molecule has 2 aromatic rings. The lowest BCUT2D eigenvalue weighted by Crippen LogP contribution is -2.02. The molecule has 1 aromatic heterocycles. The summed E-state index contributed by atoms with van der Waals surface area (Å²) in [4.78, 5) is 3.97. The first-order valence-corrected chi connectivity index (χ1v) is 7.46. The maximum Gasteiger partial charge on any atom is 0.168 e. The van der Waals surface area contributed by atoms with Crippen molar-refractivity contribution in [3.63, 3.8) is 0 Å². The second-order valence-corrected chi connectivity index (χ2v) is 5.73. The van der Waals surface area contributed by atoms with Gasteiger partial charge in [0.05, 0.1) is 10.7 Å². The molecule has 0 saturated heterocycles. The van der Waals surface area contributed by atoms with Crippen molar-refractivity contribution in [1.82, 2.24) is 4.98 Å². The second-order valence-electron chi connectivity index (χ2n) is 4.18. The van der Waals surface area contributed by atoms with Gasteiger partial charge in [0.25, 0.3) is 0 Å². The van der Waals surface area contributed by atoms with E-state index in [1.165, 1.54) is 0 Å². The summed E-state index contributed by atoms with van der Waals surface area (Å²) in [5, 5.41) is 13.8. The van der Waals surface area contributed by atoms with Crippen LogP contribution in [0.5, 0.6) is 0 Å². The highest BCUT2D eigenvalue weighted by atomic mass is 35.5. The highest BCUT2D eigenvalue weighted by Crippen LogP contribution is 2.34. The fraction of sp³-hybridized carbons (Fsp3) is 0.0714. The largest absolute Gasteiger partial charge is 0.260 e. The maximum atomic E-state index is 8.93. The van der Waals surface area contributed by atoms with Crippen LogP contribution in [0.1, 0.15) is 18.1 Å². The second kappa shape index (κ2) is 7.17. The van der Waals surface area contributed by atoms with Crippen molar-refractivity contribution in [2.45, 2.75) is 6.92 Å². The van der Waals surface area contributed by atoms with Crippen LogP contribution in [0.15, 0.2) is 29.4 Å². The van der Waals surface area contributed by atoms with Crippen molar-refractivity contribution in [2.24, 2.45) is 5.10 Å². The number of hydrazone groups is 1. The number of hydrogen-bond donors (Lipinski definition) is 1. The van der Waals surface area contributed by atoms with Gasteiger partial charge < -0.3 is 0 Å². The van der Waals surface area contributed by atoms with Crippen LogP contribution in [0.2, 0.25) is 20.2 Å². The molecule has 2 rings (SSSR count). The molecule has 8 heteroatoms. The van der Waals surface area contributed by atoms with Crippen molar-refractivity contribution < 1.29 is 0 Å². The molecule has 22 heavy (non-hydrogen) atoms. The average Bonchev–Trinajstić information content (AvgIpc) is 2.50. The fourth-order valence-electron chi connectivity index (χ4n) is 1.57. The number of halogens is 4. The molecule has 1 heterocycles. The Balaban J connectivity index is 2.30. The SMILES string of the molecule is CC(=NNc1nc(Cl)c(C#N)c(Cl)c1Cl)c1ccc(Cl)cc1. The smallest absolute Gasteiger partial charge is 0.168 e. The third-order valence-corrected chi connectivity index (χ3v) is 4.11. The van der Waals surface area contributed by atoms with Crippen LogP contribution in [-0.2, 0) is 0 Å². The van der Waals surface area contributed by atoms with Crippen molar-refractivity contribution in [1.29, 1.82) is 5.26 Å².